The molecule has 0 unspecified atom stereocenters. The molecule has 0 atom stereocenters. The van der Waals surface area contributed by atoms with Gasteiger partial charge in [0, 0.05) is 37.5 Å². The van der Waals surface area contributed by atoms with Gasteiger partial charge < -0.3 is 9.80 Å². The molecule has 5 nitrogen and oxygen atoms in total. The first kappa shape index (κ1) is 18.9. The molecule has 5 heteroatoms. The number of benzene rings is 1. The van der Waals surface area contributed by atoms with Crippen molar-refractivity contribution in [1.29, 1.82) is 0 Å². The van der Waals surface area contributed by atoms with Gasteiger partial charge in [-0.2, -0.15) is 5.10 Å². The molecule has 28 heavy (non-hydrogen) atoms. The lowest BCUT2D eigenvalue weighted by Crippen LogP contribution is -2.44. The molecule has 1 fully saturated rings. The highest BCUT2D eigenvalue weighted by Crippen LogP contribution is 2.27. The normalized spacial score (nSPS) is 18.1. The molecule has 2 aromatic rings. The molecule has 148 valence electrons. The Kier molecular flexibility index (Phi) is 5.09. The topological polar surface area (TPSA) is 49.3 Å². The maximum absolute atomic E-state index is 13.0. The largest absolute Gasteiger partial charge is 0.355 e. The van der Waals surface area contributed by atoms with Gasteiger partial charge in [-0.25, -0.2) is 0 Å². The fourth-order valence-corrected chi connectivity index (χ4v) is 4.19. The second kappa shape index (κ2) is 7.53. The molecule has 4 rings (SSSR count). The van der Waals surface area contributed by atoms with Crippen LogP contribution in [0.25, 0.3) is 0 Å². The minimum Gasteiger partial charge on any atom is -0.355 e. The number of hydrogen-bond donors (Lipinski definition) is 0. The lowest BCUT2D eigenvalue weighted by molar-refractivity contribution is -0.137. The van der Waals surface area contributed by atoms with E-state index in [9.17, 15) is 4.79 Å². The standard InChI is InChI=1S/C23H30N4O/c1-23(2,3)20-8-9-21(25-24-20)26-13-11-18(12-14-26)22(28)27-15-10-17-6-4-5-7-19(17)16-27/h4-9,18H,10-16H2,1-3H3. The lowest BCUT2D eigenvalue weighted by atomic mass is 9.92. The minimum absolute atomic E-state index is 0.0119. The Hall–Kier alpha value is -2.43. The summed E-state index contributed by atoms with van der Waals surface area (Å²) in [7, 11) is 0. The average molecular weight is 379 g/mol. The summed E-state index contributed by atoms with van der Waals surface area (Å²) in [4.78, 5) is 17.4. The summed E-state index contributed by atoms with van der Waals surface area (Å²) in [5.41, 5.74) is 3.71. The van der Waals surface area contributed by atoms with E-state index in [0.29, 0.717) is 5.91 Å². The van der Waals surface area contributed by atoms with E-state index >= 15 is 0 Å². The Labute approximate surface area is 167 Å². The van der Waals surface area contributed by atoms with Crippen LogP contribution in [-0.2, 0) is 23.2 Å². The van der Waals surface area contributed by atoms with Crippen molar-refractivity contribution >= 4 is 11.7 Å². The summed E-state index contributed by atoms with van der Waals surface area (Å²) >= 11 is 0. The quantitative estimate of drug-likeness (QED) is 0.802. The van der Waals surface area contributed by atoms with Gasteiger partial charge in [0.2, 0.25) is 5.91 Å². The van der Waals surface area contributed by atoms with E-state index in [2.05, 4.69) is 77.2 Å². The molecule has 1 aromatic heterocycles. The fourth-order valence-electron chi connectivity index (χ4n) is 4.19. The van der Waals surface area contributed by atoms with Gasteiger partial charge in [-0.05, 0) is 42.5 Å². The third-order valence-corrected chi connectivity index (χ3v) is 6.03. The molecular formula is C23H30N4O. The molecule has 2 aliphatic heterocycles. The van der Waals surface area contributed by atoms with Crippen LogP contribution in [0.5, 0.6) is 0 Å². The Balaban J connectivity index is 1.35. The van der Waals surface area contributed by atoms with E-state index in [4.69, 9.17) is 0 Å². The van der Waals surface area contributed by atoms with Crippen LogP contribution in [0.2, 0.25) is 0 Å². The van der Waals surface area contributed by atoms with Gasteiger partial charge in [-0.15, -0.1) is 5.10 Å². The van der Waals surface area contributed by atoms with Crippen LogP contribution in [0.3, 0.4) is 0 Å². The van der Waals surface area contributed by atoms with Crippen LogP contribution in [0.1, 0.15) is 50.4 Å². The van der Waals surface area contributed by atoms with Gasteiger partial charge >= 0.3 is 0 Å². The van der Waals surface area contributed by atoms with Gasteiger partial charge in [0.25, 0.3) is 0 Å². The zero-order valence-electron chi connectivity index (χ0n) is 17.2. The molecule has 1 aromatic carbocycles. The van der Waals surface area contributed by atoms with Crippen molar-refractivity contribution in [2.45, 2.75) is 52.0 Å². The van der Waals surface area contributed by atoms with E-state index in [1.54, 1.807) is 0 Å². The number of carbonyl (C=O) groups is 1. The number of anilines is 1. The number of amides is 1. The van der Waals surface area contributed by atoms with Crippen LogP contribution < -0.4 is 4.90 Å². The number of nitrogens with zero attached hydrogens (tertiary/aromatic N) is 4. The summed E-state index contributed by atoms with van der Waals surface area (Å²) in [6, 6.07) is 12.6. The maximum atomic E-state index is 13.0. The van der Waals surface area contributed by atoms with Crippen molar-refractivity contribution in [3.8, 4) is 0 Å². The molecule has 3 heterocycles. The number of fused-ring (bicyclic) bond motifs is 1. The number of rotatable bonds is 2. The highest BCUT2D eigenvalue weighted by molar-refractivity contribution is 5.79. The summed E-state index contributed by atoms with van der Waals surface area (Å²) in [5, 5.41) is 8.84. The van der Waals surface area contributed by atoms with Gasteiger partial charge in [-0.3, -0.25) is 4.79 Å². The molecule has 1 amide bonds. The van der Waals surface area contributed by atoms with Gasteiger partial charge in [0.15, 0.2) is 5.82 Å². The third kappa shape index (κ3) is 3.89. The summed E-state index contributed by atoms with van der Waals surface area (Å²) in [6.07, 6.45) is 2.75. The van der Waals surface area contributed by atoms with Gasteiger partial charge in [0.05, 0.1) is 5.69 Å². The van der Waals surface area contributed by atoms with Crippen LogP contribution >= 0.6 is 0 Å². The Morgan fingerprint density at radius 1 is 0.964 bits per heavy atom. The molecule has 0 N–H and O–H groups in total. The van der Waals surface area contributed by atoms with E-state index < -0.39 is 0 Å². The highest BCUT2D eigenvalue weighted by Gasteiger charge is 2.30. The number of piperidine rings is 1. The second-order valence-electron chi connectivity index (χ2n) is 9.07. The smallest absolute Gasteiger partial charge is 0.226 e. The monoisotopic (exact) mass is 378 g/mol. The van der Waals surface area contributed by atoms with Crippen molar-refractivity contribution in [3.05, 3.63) is 53.2 Å². The predicted molar refractivity (Wildman–Crippen MR) is 111 cm³/mol. The maximum Gasteiger partial charge on any atom is 0.226 e. The lowest BCUT2D eigenvalue weighted by Gasteiger charge is -2.36. The molecule has 0 aliphatic carbocycles. The first-order valence-electron chi connectivity index (χ1n) is 10.4. The number of hydrogen-bond acceptors (Lipinski definition) is 4. The molecule has 1 saturated heterocycles. The Morgan fingerprint density at radius 3 is 2.32 bits per heavy atom. The van der Waals surface area contributed by atoms with Crippen molar-refractivity contribution in [1.82, 2.24) is 15.1 Å². The van der Waals surface area contributed by atoms with Gasteiger partial charge in [0.1, 0.15) is 0 Å². The first-order chi connectivity index (χ1) is 13.4. The highest BCUT2D eigenvalue weighted by atomic mass is 16.2. The van der Waals surface area contributed by atoms with Crippen LogP contribution in [-0.4, -0.2) is 40.6 Å². The van der Waals surface area contributed by atoms with Crippen molar-refractivity contribution in [2.24, 2.45) is 5.92 Å². The van der Waals surface area contributed by atoms with E-state index in [1.807, 2.05) is 0 Å². The Bertz CT molecular complexity index is 832. The fraction of sp³-hybridized carbons (Fsp3) is 0.522. The number of aromatic nitrogens is 2. The summed E-state index contributed by atoms with van der Waals surface area (Å²) in [5.74, 6) is 1.37. The molecular weight excluding hydrogens is 348 g/mol. The molecule has 2 aliphatic rings. The first-order valence-corrected chi connectivity index (χ1v) is 10.4. The van der Waals surface area contributed by atoms with E-state index in [0.717, 1.165) is 57.0 Å². The van der Waals surface area contributed by atoms with Crippen molar-refractivity contribution in [2.75, 3.05) is 24.5 Å². The zero-order chi connectivity index (χ0) is 19.7. The summed E-state index contributed by atoms with van der Waals surface area (Å²) < 4.78 is 0. The van der Waals surface area contributed by atoms with E-state index in [1.165, 1.54) is 11.1 Å². The van der Waals surface area contributed by atoms with E-state index in [-0.39, 0.29) is 11.3 Å². The molecule has 0 radical (unpaired) electrons. The Morgan fingerprint density at radius 2 is 1.68 bits per heavy atom. The molecule has 0 saturated carbocycles. The number of carbonyl (C=O) groups excluding carboxylic acids is 1. The molecule has 0 bridgehead atoms. The average Bonchev–Trinajstić information content (AvgIpc) is 2.72. The SMILES string of the molecule is CC(C)(C)c1ccc(N2CCC(C(=O)N3CCc4ccccc4C3)CC2)nn1. The summed E-state index contributed by atoms with van der Waals surface area (Å²) in [6.45, 7) is 9.77. The van der Waals surface area contributed by atoms with Crippen molar-refractivity contribution in [3.63, 3.8) is 0 Å². The van der Waals surface area contributed by atoms with Gasteiger partial charge in [-0.1, -0.05) is 45.0 Å². The van der Waals surface area contributed by atoms with Crippen LogP contribution in [0, 0.1) is 5.92 Å². The van der Waals surface area contributed by atoms with Crippen molar-refractivity contribution < 1.29 is 4.79 Å². The molecule has 0 spiro atoms. The third-order valence-electron chi connectivity index (χ3n) is 6.03. The predicted octanol–water partition coefficient (Wildman–Crippen LogP) is 3.58. The van der Waals surface area contributed by atoms with Crippen LogP contribution in [0.15, 0.2) is 36.4 Å². The zero-order valence-corrected chi connectivity index (χ0v) is 17.2. The minimum atomic E-state index is 0.0119. The second-order valence-corrected chi connectivity index (χ2v) is 9.07. The van der Waals surface area contributed by atoms with Crippen LogP contribution in [0.4, 0.5) is 5.82 Å².